The van der Waals surface area contributed by atoms with Crippen molar-refractivity contribution in [2.24, 2.45) is 16.1 Å². The predicted octanol–water partition coefficient (Wildman–Crippen LogP) is 5.92. The average molecular weight is 552 g/mol. The van der Waals surface area contributed by atoms with Gasteiger partial charge >= 0.3 is 0 Å². The fourth-order valence-corrected chi connectivity index (χ4v) is 4.22. The Balaban J connectivity index is 0.000000815. The largest absolute Gasteiger partial charge is 0.394 e. The van der Waals surface area contributed by atoms with Crippen LogP contribution < -0.4 is 11.1 Å². The Labute approximate surface area is 235 Å². The molecule has 0 spiro atoms. The number of amides is 2. The number of carbonyl (C=O) groups is 2. The van der Waals surface area contributed by atoms with Crippen LogP contribution in [0.4, 0.5) is 5.69 Å². The number of hydrogen-bond donors (Lipinski definition) is 3. The zero-order valence-electron chi connectivity index (χ0n) is 23.6. The molecule has 3 aromatic rings. The number of pyridine rings is 1. The molecule has 0 bridgehead atoms. The van der Waals surface area contributed by atoms with Gasteiger partial charge in [0.1, 0.15) is 5.69 Å². The van der Waals surface area contributed by atoms with Crippen molar-refractivity contribution in [2.45, 2.75) is 53.7 Å². The van der Waals surface area contributed by atoms with E-state index in [1.54, 1.807) is 51.4 Å². The molecule has 0 radical (unpaired) electrons. The van der Waals surface area contributed by atoms with Crippen LogP contribution in [0.25, 0.3) is 11.1 Å². The lowest BCUT2D eigenvalue weighted by atomic mass is 9.78. The Kier molecular flexibility index (Phi) is 11.2. The standard InChI is InChI=1S/C25H24ClN5O2.C3H8O.C2H6/c1-25(2)21(30-24(27)31(3)23(25)33)15-8-6-9-16(14-15)29-22(32)20-18(11-7-13-28-20)17-10-4-5-12-19(17)26;1-3(2)4;1-2/h4-14,21H,1-3H3,(H2,27,30)(H,29,32);3-4H,1-2H3;1-2H3. The molecule has 1 unspecified atom stereocenters. The molecule has 0 saturated heterocycles. The molecule has 2 heterocycles. The van der Waals surface area contributed by atoms with E-state index in [1.807, 2.05) is 64.1 Å². The molecule has 9 heteroatoms. The summed E-state index contributed by atoms with van der Waals surface area (Å²) < 4.78 is 0. The number of nitrogens with zero attached hydrogens (tertiary/aromatic N) is 3. The first-order valence-corrected chi connectivity index (χ1v) is 13.2. The lowest BCUT2D eigenvalue weighted by molar-refractivity contribution is -0.137. The maximum absolute atomic E-state index is 13.2. The quantitative estimate of drug-likeness (QED) is 0.371. The Morgan fingerprint density at radius 2 is 1.69 bits per heavy atom. The molecule has 0 aliphatic carbocycles. The van der Waals surface area contributed by atoms with Gasteiger partial charge in [-0.2, -0.15) is 0 Å². The molecular weight excluding hydrogens is 514 g/mol. The fourth-order valence-electron chi connectivity index (χ4n) is 3.98. The summed E-state index contributed by atoms with van der Waals surface area (Å²) in [5.41, 5.74) is 8.12. The van der Waals surface area contributed by atoms with Gasteiger partial charge < -0.3 is 16.2 Å². The predicted molar refractivity (Wildman–Crippen MR) is 159 cm³/mol. The highest BCUT2D eigenvalue weighted by Crippen LogP contribution is 2.41. The van der Waals surface area contributed by atoms with Crippen LogP contribution >= 0.6 is 11.6 Å². The van der Waals surface area contributed by atoms with Crippen molar-refractivity contribution in [3.8, 4) is 11.1 Å². The van der Waals surface area contributed by atoms with Crippen molar-refractivity contribution >= 4 is 35.1 Å². The van der Waals surface area contributed by atoms with Crippen molar-refractivity contribution in [3.63, 3.8) is 0 Å². The first-order valence-electron chi connectivity index (χ1n) is 12.8. The second kappa shape index (κ2) is 13.9. The van der Waals surface area contributed by atoms with E-state index in [0.717, 1.165) is 11.1 Å². The number of carbonyl (C=O) groups excluding carboxylic acids is 2. The summed E-state index contributed by atoms with van der Waals surface area (Å²) in [7, 11) is 1.61. The van der Waals surface area contributed by atoms with Gasteiger partial charge in [0.15, 0.2) is 5.96 Å². The van der Waals surface area contributed by atoms with Gasteiger partial charge in [0.05, 0.1) is 11.5 Å². The molecule has 4 rings (SSSR count). The number of aliphatic hydroxyl groups is 1. The lowest BCUT2D eigenvalue weighted by Crippen LogP contribution is -2.51. The molecule has 8 nitrogen and oxygen atoms in total. The van der Waals surface area contributed by atoms with Crippen LogP contribution in [-0.4, -0.2) is 45.9 Å². The van der Waals surface area contributed by atoms with Gasteiger partial charge in [-0.15, -0.1) is 0 Å². The summed E-state index contributed by atoms with van der Waals surface area (Å²) in [5, 5.41) is 11.5. The van der Waals surface area contributed by atoms with E-state index in [0.29, 0.717) is 16.3 Å². The van der Waals surface area contributed by atoms with Crippen molar-refractivity contribution < 1.29 is 14.7 Å². The normalized spacial score (nSPS) is 15.8. The number of guanidine groups is 1. The summed E-state index contributed by atoms with van der Waals surface area (Å²) in [6, 6.07) is 17.6. The molecule has 2 aromatic carbocycles. The lowest BCUT2D eigenvalue weighted by Gasteiger charge is -2.38. The van der Waals surface area contributed by atoms with Crippen molar-refractivity contribution in [2.75, 3.05) is 12.4 Å². The van der Waals surface area contributed by atoms with E-state index in [-0.39, 0.29) is 29.6 Å². The second-order valence-corrected chi connectivity index (χ2v) is 9.94. The average Bonchev–Trinajstić information content (AvgIpc) is 2.91. The Morgan fingerprint density at radius 3 is 2.33 bits per heavy atom. The number of aliphatic hydroxyl groups excluding tert-OH is 1. The van der Waals surface area contributed by atoms with Gasteiger partial charge in [0.25, 0.3) is 5.91 Å². The van der Waals surface area contributed by atoms with E-state index in [2.05, 4.69) is 15.3 Å². The zero-order valence-corrected chi connectivity index (χ0v) is 24.3. The molecule has 1 atom stereocenters. The van der Waals surface area contributed by atoms with Crippen LogP contribution in [0.15, 0.2) is 71.9 Å². The third kappa shape index (κ3) is 7.65. The minimum Gasteiger partial charge on any atom is -0.394 e. The number of nitrogens with two attached hydrogens (primary N) is 1. The van der Waals surface area contributed by atoms with Crippen LogP contribution in [0, 0.1) is 5.41 Å². The Bertz CT molecular complexity index is 1320. The smallest absolute Gasteiger partial charge is 0.274 e. The van der Waals surface area contributed by atoms with Gasteiger partial charge in [-0.3, -0.25) is 19.5 Å². The summed E-state index contributed by atoms with van der Waals surface area (Å²) in [6.45, 7) is 11.1. The van der Waals surface area contributed by atoms with Gasteiger partial charge in [0, 0.05) is 41.2 Å². The first kappa shape index (κ1) is 31.5. The molecule has 39 heavy (non-hydrogen) atoms. The number of nitrogens with one attached hydrogen (secondary N) is 1. The molecule has 0 saturated carbocycles. The number of benzene rings is 2. The van der Waals surface area contributed by atoms with E-state index >= 15 is 0 Å². The van der Waals surface area contributed by atoms with Crippen molar-refractivity contribution in [1.29, 1.82) is 0 Å². The highest BCUT2D eigenvalue weighted by atomic mass is 35.5. The molecular formula is C30H38ClN5O3. The molecule has 0 fully saturated rings. The number of aromatic nitrogens is 1. The van der Waals surface area contributed by atoms with Crippen molar-refractivity contribution in [1.82, 2.24) is 9.88 Å². The van der Waals surface area contributed by atoms with E-state index < -0.39 is 11.5 Å². The second-order valence-electron chi connectivity index (χ2n) is 9.53. The molecule has 2 amide bonds. The van der Waals surface area contributed by atoms with E-state index in [4.69, 9.17) is 22.4 Å². The monoisotopic (exact) mass is 551 g/mol. The van der Waals surface area contributed by atoms with Gasteiger partial charge in [-0.25, -0.2) is 4.99 Å². The summed E-state index contributed by atoms with van der Waals surface area (Å²) >= 11 is 6.35. The highest BCUT2D eigenvalue weighted by Gasteiger charge is 2.44. The first-order chi connectivity index (χ1) is 18.4. The zero-order chi connectivity index (χ0) is 29.3. The number of hydrogen-bond acceptors (Lipinski definition) is 6. The van der Waals surface area contributed by atoms with E-state index in [9.17, 15) is 9.59 Å². The van der Waals surface area contributed by atoms with Crippen LogP contribution in [0.1, 0.15) is 63.6 Å². The van der Waals surface area contributed by atoms with Gasteiger partial charge in [-0.1, -0.05) is 61.8 Å². The van der Waals surface area contributed by atoms with Crippen LogP contribution in [0.3, 0.4) is 0 Å². The minimum atomic E-state index is -0.793. The highest BCUT2D eigenvalue weighted by molar-refractivity contribution is 6.33. The molecule has 208 valence electrons. The third-order valence-electron chi connectivity index (χ3n) is 5.79. The summed E-state index contributed by atoms with van der Waals surface area (Å²) in [5.74, 6) is -0.326. The number of halogens is 1. The summed E-state index contributed by atoms with van der Waals surface area (Å²) in [4.78, 5) is 36.1. The molecule has 4 N–H and O–H groups in total. The van der Waals surface area contributed by atoms with Gasteiger partial charge in [0.2, 0.25) is 5.91 Å². The van der Waals surface area contributed by atoms with Crippen LogP contribution in [0.2, 0.25) is 5.02 Å². The fraction of sp³-hybridized carbons (Fsp3) is 0.333. The SMILES string of the molecule is CC.CC(C)O.CN1C(=O)C(C)(C)C(c2cccc(NC(=O)c3ncccc3-c3ccccc3Cl)c2)N=C1N. The number of anilines is 1. The number of rotatable bonds is 4. The number of aliphatic imine (C=N–C) groups is 1. The topological polar surface area (TPSA) is 121 Å². The van der Waals surface area contributed by atoms with E-state index in [1.165, 1.54) is 4.90 Å². The maximum Gasteiger partial charge on any atom is 0.274 e. The molecule has 1 aliphatic rings. The third-order valence-corrected chi connectivity index (χ3v) is 6.12. The maximum atomic E-state index is 13.2. The Morgan fingerprint density at radius 1 is 1.08 bits per heavy atom. The minimum absolute atomic E-state index is 0.118. The van der Waals surface area contributed by atoms with Crippen LogP contribution in [0.5, 0.6) is 0 Å². The van der Waals surface area contributed by atoms with Crippen LogP contribution in [-0.2, 0) is 4.79 Å². The summed E-state index contributed by atoms with van der Waals surface area (Å²) in [6.07, 6.45) is 1.40. The van der Waals surface area contributed by atoms with Gasteiger partial charge in [-0.05, 0) is 57.5 Å². The molecule has 1 aliphatic heterocycles. The Hall–Kier alpha value is -3.75. The van der Waals surface area contributed by atoms with Crippen molar-refractivity contribution in [3.05, 3.63) is 83.1 Å². The molecule has 1 aromatic heterocycles.